The lowest BCUT2D eigenvalue weighted by Gasteiger charge is -2.30. The van der Waals surface area contributed by atoms with E-state index in [-0.39, 0.29) is 23.6 Å². The van der Waals surface area contributed by atoms with Gasteiger partial charge in [-0.3, -0.25) is 14.5 Å². The van der Waals surface area contributed by atoms with Gasteiger partial charge < -0.3 is 14.6 Å². The third kappa shape index (κ3) is 5.45. The molecule has 3 aliphatic rings. The van der Waals surface area contributed by atoms with Gasteiger partial charge in [0.25, 0.3) is 0 Å². The molecule has 190 valence electrons. The molecule has 1 aromatic heterocycles. The van der Waals surface area contributed by atoms with Crippen LogP contribution in [0.3, 0.4) is 0 Å². The van der Waals surface area contributed by atoms with Crippen molar-refractivity contribution in [2.45, 2.75) is 29.6 Å². The van der Waals surface area contributed by atoms with E-state index in [1.54, 1.807) is 29.1 Å². The Bertz CT molecular complexity index is 1200. The zero-order valence-corrected chi connectivity index (χ0v) is 20.9. The summed E-state index contributed by atoms with van der Waals surface area (Å²) in [5, 5.41) is 14.8. The van der Waals surface area contributed by atoms with Crippen molar-refractivity contribution in [1.29, 1.82) is 0 Å². The van der Waals surface area contributed by atoms with Crippen LogP contribution in [-0.4, -0.2) is 104 Å². The number of sulfonamides is 1. The second kappa shape index (κ2) is 10.00. The first-order valence-electron chi connectivity index (χ1n) is 11.9. The molecule has 1 saturated heterocycles. The zero-order valence-electron chi connectivity index (χ0n) is 20.1. The van der Waals surface area contributed by atoms with Crippen LogP contribution in [0, 0.1) is 0 Å². The molecule has 11 heteroatoms. The Balaban J connectivity index is 1.49. The van der Waals surface area contributed by atoms with E-state index in [2.05, 4.69) is 25.7 Å². The summed E-state index contributed by atoms with van der Waals surface area (Å²) in [6, 6.07) is 5.09. The first-order chi connectivity index (χ1) is 16.8. The number of fused-ring (bicyclic) bond motifs is 2. The van der Waals surface area contributed by atoms with Crippen molar-refractivity contribution >= 4 is 10.0 Å². The third-order valence-electron chi connectivity index (χ3n) is 6.85. The minimum atomic E-state index is -3.88. The van der Waals surface area contributed by atoms with Crippen LogP contribution in [0.4, 0.5) is 0 Å². The number of nitrogens with zero attached hydrogens (tertiary/aromatic N) is 4. The summed E-state index contributed by atoms with van der Waals surface area (Å²) in [6.07, 6.45) is 5.68. The molecule has 4 heterocycles. The average Bonchev–Trinajstić information content (AvgIpc) is 3.44. The van der Waals surface area contributed by atoms with Crippen molar-refractivity contribution in [3.8, 4) is 16.9 Å². The SMILES string of the molecule is CN1C[C@@H](O)CNS(=O)(=O)c2ccc(-c3cnn(C)c3)cc2O[C@H]2CN(CC3=CCCOC3)C[C@H]21. The van der Waals surface area contributed by atoms with E-state index in [1.165, 1.54) is 5.57 Å². The Morgan fingerprint density at radius 2 is 2.06 bits per heavy atom. The molecule has 0 radical (unpaired) electrons. The monoisotopic (exact) mass is 503 g/mol. The lowest BCUT2D eigenvalue weighted by atomic mass is 10.1. The molecule has 0 bridgehead atoms. The molecule has 3 atom stereocenters. The molecular weight excluding hydrogens is 470 g/mol. The fourth-order valence-corrected chi connectivity index (χ4v) is 6.24. The number of likely N-dealkylation sites (N-methyl/N-ethyl adjacent to an activating group) is 1. The predicted molar refractivity (Wildman–Crippen MR) is 131 cm³/mol. The molecule has 5 rings (SSSR count). The van der Waals surface area contributed by atoms with Crippen molar-refractivity contribution in [2.75, 3.05) is 53.0 Å². The van der Waals surface area contributed by atoms with Gasteiger partial charge in [-0.2, -0.15) is 5.10 Å². The number of β-amino-alcohol motifs (C(OH)–C–C–N with tert-alkyl or cyclic N) is 1. The van der Waals surface area contributed by atoms with Crippen molar-refractivity contribution in [2.24, 2.45) is 7.05 Å². The number of likely N-dealkylation sites (tertiary alicyclic amines) is 1. The largest absolute Gasteiger partial charge is 0.486 e. The maximum absolute atomic E-state index is 13.2. The number of rotatable bonds is 3. The molecule has 0 aliphatic carbocycles. The first kappa shape index (κ1) is 24.4. The fourth-order valence-electron chi connectivity index (χ4n) is 5.06. The molecule has 35 heavy (non-hydrogen) atoms. The summed E-state index contributed by atoms with van der Waals surface area (Å²) in [4.78, 5) is 4.47. The zero-order chi connectivity index (χ0) is 24.6. The molecular formula is C24H33N5O5S. The van der Waals surface area contributed by atoms with E-state index in [1.807, 2.05) is 20.3 Å². The molecule has 1 aromatic carbocycles. The quantitative estimate of drug-likeness (QED) is 0.582. The highest BCUT2D eigenvalue weighted by Gasteiger charge is 2.39. The summed E-state index contributed by atoms with van der Waals surface area (Å²) in [6.45, 7) is 3.86. The van der Waals surface area contributed by atoms with E-state index in [0.717, 1.165) is 37.2 Å². The van der Waals surface area contributed by atoms with E-state index in [9.17, 15) is 13.5 Å². The molecule has 3 aliphatic heterocycles. The summed E-state index contributed by atoms with van der Waals surface area (Å²) in [5.41, 5.74) is 2.96. The molecule has 1 fully saturated rings. The molecule has 0 spiro atoms. The fraction of sp³-hybridized carbons (Fsp3) is 0.542. The van der Waals surface area contributed by atoms with E-state index >= 15 is 0 Å². The van der Waals surface area contributed by atoms with Crippen molar-refractivity contribution < 1.29 is 23.0 Å². The second-order valence-electron chi connectivity index (χ2n) is 9.63. The number of hydrogen-bond donors (Lipinski definition) is 2. The number of nitrogens with one attached hydrogen (secondary N) is 1. The molecule has 0 saturated carbocycles. The van der Waals surface area contributed by atoms with Crippen LogP contribution in [0.5, 0.6) is 5.75 Å². The Kier molecular flexibility index (Phi) is 6.97. The van der Waals surface area contributed by atoms with Gasteiger partial charge in [-0.05, 0) is 36.7 Å². The van der Waals surface area contributed by atoms with Gasteiger partial charge in [0.2, 0.25) is 10.0 Å². The van der Waals surface area contributed by atoms with Crippen LogP contribution >= 0.6 is 0 Å². The molecule has 0 unspecified atom stereocenters. The number of ether oxygens (including phenoxy) is 2. The first-order valence-corrected chi connectivity index (χ1v) is 13.4. The van der Waals surface area contributed by atoms with Crippen molar-refractivity contribution in [3.05, 3.63) is 42.2 Å². The lowest BCUT2D eigenvalue weighted by molar-refractivity contribution is 0.0713. The number of aryl methyl sites for hydroxylation is 1. The minimum absolute atomic E-state index is 0.00883. The van der Waals surface area contributed by atoms with Crippen LogP contribution in [0.25, 0.3) is 11.1 Å². The standard InChI is InChI=1S/C24H33N5O5S/c1-27-13-20(30)10-26-35(31,32)24-6-5-18(19-9-25-28(2)12-19)8-22(24)34-23-15-29(14-21(23)27)11-17-4-3-7-33-16-17/h4-6,8-9,12,20-21,23,26,30H,3,7,10-11,13-16H2,1-2H3/t20-,21+,23-/m0/s1. The van der Waals surface area contributed by atoms with Crippen molar-refractivity contribution in [1.82, 2.24) is 24.3 Å². The molecule has 2 aromatic rings. The van der Waals surface area contributed by atoms with Gasteiger partial charge in [-0.25, -0.2) is 13.1 Å². The molecule has 2 N–H and O–H groups in total. The Hall–Kier alpha value is -2.28. The smallest absolute Gasteiger partial charge is 0.244 e. The maximum Gasteiger partial charge on any atom is 0.244 e. The summed E-state index contributed by atoms with van der Waals surface area (Å²) >= 11 is 0. The van der Waals surface area contributed by atoms with Gasteiger partial charge >= 0.3 is 0 Å². The van der Waals surface area contributed by atoms with Crippen LogP contribution in [-0.2, 0) is 21.8 Å². The third-order valence-corrected chi connectivity index (χ3v) is 8.31. The summed E-state index contributed by atoms with van der Waals surface area (Å²) in [7, 11) is -0.0877. The van der Waals surface area contributed by atoms with Gasteiger partial charge in [0.15, 0.2) is 0 Å². The van der Waals surface area contributed by atoms with E-state index in [4.69, 9.17) is 9.47 Å². The normalized spacial score (nSPS) is 27.9. The number of aliphatic hydroxyl groups excluding tert-OH is 1. The molecule has 0 amide bonds. The van der Waals surface area contributed by atoms with Gasteiger partial charge in [0, 0.05) is 51.5 Å². The van der Waals surface area contributed by atoms with Gasteiger partial charge in [0.1, 0.15) is 16.7 Å². The lowest BCUT2D eigenvalue weighted by Crippen LogP contribution is -2.47. The van der Waals surface area contributed by atoms with Gasteiger partial charge in [0.05, 0.1) is 31.6 Å². The van der Waals surface area contributed by atoms with Gasteiger partial charge in [-0.1, -0.05) is 12.1 Å². The van der Waals surface area contributed by atoms with E-state index < -0.39 is 16.1 Å². The van der Waals surface area contributed by atoms with Crippen LogP contribution in [0.2, 0.25) is 0 Å². The van der Waals surface area contributed by atoms with Gasteiger partial charge in [-0.15, -0.1) is 0 Å². The van der Waals surface area contributed by atoms with Crippen LogP contribution < -0.4 is 9.46 Å². The van der Waals surface area contributed by atoms with Crippen LogP contribution in [0.1, 0.15) is 6.42 Å². The number of aliphatic hydroxyl groups is 1. The Labute approximate surface area is 206 Å². The van der Waals surface area contributed by atoms with Crippen molar-refractivity contribution in [3.63, 3.8) is 0 Å². The Morgan fingerprint density at radius 1 is 1.20 bits per heavy atom. The summed E-state index contributed by atoms with van der Waals surface area (Å²) < 4.78 is 42.7. The second-order valence-corrected chi connectivity index (χ2v) is 11.4. The van der Waals surface area contributed by atoms with E-state index in [0.29, 0.717) is 25.4 Å². The minimum Gasteiger partial charge on any atom is -0.486 e. The number of benzene rings is 1. The van der Waals surface area contributed by atoms with Crippen LogP contribution in [0.15, 0.2) is 47.1 Å². The molecule has 10 nitrogen and oxygen atoms in total. The summed E-state index contributed by atoms with van der Waals surface area (Å²) in [5.74, 6) is 0.306. The average molecular weight is 504 g/mol. The topological polar surface area (TPSA) is 109 Å². The maximum atomic E-state index is 13.2. The number of hydrogen-bond acceptors (Lipinski definition) is 8. The predicted octanol–water partition coefficient (Wildman–Crippen LogP) is 0.450. The highest BCUT2D eigenvalue weighted by molar-refractivity contribution is 7.89. The number of aromatic nitrogens is 2. The Morgan fingerprint density at radius 3 is 2.80 bits per heavy atom. The highest BCUT2D eigenvalue weighted by atomic mass is 32.2. The highest BCUT2D eigenvalue weighted by Crippen LogP contribution is 2.33.